The number of rotatable bonds is 10. The quantitative estimate of drug-likeness (QED) is 0.231. The SMILES string of the molecule is Cc1ccc(C(C)C)c(OCCCn2c(CCNC(=O)c3ccc(Br)cc3)nc3ccccc32)c1. The van der Waals surface area contributed by atoms with Crippen molar-refractivity contribution < 1.29 is 9.53 Å². The molecule has 3 aromatic carbocycles. The number of benzene rings is 3. The fourth-order valence-corrected chi connectivity index (χ4v) is 4.47. The van der Waals surface area contributed by atoms with Crippen molar-refractivity contribution in [2.75, 3.05) is 13.2 Å². The van der Waals surface area contributed by atoms with Crippen molar-refractivity contribution in [3.8, 4) is 5.75 Å². The highest BCUT2D eigenvalue weighted by Crippen LogP contribution is 2.27. The lowest BCUT2D eigenvalue weighted by Gasteiger charge is -2.15. The van der Waals surface area contributed by atoms with Gasteiger partial charge in [-0.25, -0.2) is 4.98 Å². The van der Waals surface area contributed by atoms with Crippen molar-refractivity contribution in [1.29, 1.82) is 0 Å². The lowest BCUT2D eigenvalue weighted by atomic mass is 10.0. The minimum atomic E-state index is -0.0762. The first-order valence-electron chi connectivity index (χ1n) is 12.1. The van der Waals surface area contributed by atoms with Gasteiger partial charge in [-0.3, -0.25) is 4.79 Å². The molecule has 0 bridgehead atoms. The van der Waals surface area contributed by atoms with Crippen molar-refractivity contribution in [3.05, 3.63) is 93.7 Å². The smallest absolute Gasteiger partial charge is 0.251 e. The lowest BCUT2D eigenvalue weighted by molar-refractivity contribution is 0.0954. The second-order valence-corrected chi connectivity index (χ2v) is 9.99. The Labute approximate surface area is 215 Å². The van der Waals surface area contributed by atoms with Crippen LogP contribution in [0.25, 0.3) is 11.0 Å². The Morgan fingerprint density at radius 1 is 1.09 bits per heavy atom. The average Bonchev–Trinajstić information content (AvgIpc) is 3.19. The summed E-state index contributed by atoms with van der Waals surface area (Å²) in [6.07, 6.45) is 1.53. The molecule has 0 aliphatic carbocycles. The van der Waals surface area contributed by atoms with Crippen LogP contribution in [0.15, 0.2) is 71.2 Å². The van der Waals surface area contributed by atoms with Gasteiger partial charge in [0.1, 0.15) is 11.6 Å². The number of nitrogens with one attached hydrogen (secondary N) is 1. The minimum Gasteiger partial charge on any atom is -0.493 e. The number of nitrogens with zero attached hydrogens (tertiary/aromatic N) is 2. The molecule has 182 valence electrons. The fraction of sp³-hybridized carbons (Fsp3) is 0.310. The van der Waals surface area contributed by atoms with Gasteiger partial charge < -0.3 is 14.6 Å². The number of para-hydroxylation sites is 2. The first-order valence-corrected chi connectivity index (χ1v) is 12.9. The van der Waals surface area contributed by atoms with Gasteiger partial charge in [0.15, 0.2) is 0 Å². The van der Waals surface area contributed by atoms with Gasteiger partial charge in [-0.2, -0.15) is 0 Å². The number of amides is 1. The Kier molecular flexibility index (Phi) is 8.24. The van der Waals surface area contributed by atoms with E-state index in [-0.39, 0.29) is 5.91 Å². The zero-order valence-electron chi connectivity index (χ0n) is 20.6. The lowest BCUT2D eigenvalue weighted by Crippen LogP contribution is -2.26. The monoisotopic (exact) mass is 533 g/mol. The summed E-state index contributed by atoms with van der Waals surface area (Å²) in [5.41, 5.74) is 5.18. The number of carbonyl (C=O) groups is 1. The number of hydrogen-bond acceptors (Lipinski definition) is 3. The predicted molar refractivity (Wildman–Crippen MR) is 145 cm³/mol. The molecule has 6 heteroatoms. The maximum atomic E-state index is 12.5. The Morgan fingerprint density at radius 3 is 2.63 bits per heavy atom. The summed E-state index contributed by atoms with van der Waals surface area (Å²) in [6.45, 7) is 8.44. The van der Waals surface area contributed by atoms with E-state index in [0.29, 0.717) is 31.1 Å². The molecule has 5 nitrogen and oxygen atoms in total. The zero-order chi connectivity index (χ0) is 24.8. The molecule has 0 saturated heterocycles. The van der Waals surface area contributed by atoms with E-state index in [1.807, 2.05) is 42.5 Å². The van der Waals surface area contributed by atoms with E-state index in [4.69, 9.17) is 9.72 Å². The van der Waals surface area contributed by atoms with Crippen molar-refractivity contribution in [1.82, 2.24) is 14.9 Å². The molecule has 4 rings (SSSR count). The second-order valence-electron chi connectivity index (χ2n) is 9.08. The molecule has 0 fully saturated rings. The van der Waals surface area contributed by atoms with Gasteiger partial charge in [0.25, 0.3) is 5.91 Å². The molecule has 1 N–H and O–H groups in total. The second kappa shape index (κ2) is 11.5. The summed E-state index contributed by atoms with van der Waals surface area (Å²) in [5.74, 6) is 2.29. The van der Waals surface area contributed by atoms with E-state index in [1.165, 1.54) is 11.1 Å². The maximum Gasteiger partial charge on any atom is 0.251 e. The van der Waals surface area contributed by atoms with Crippen LogP contribution in [0.2, 0.25) is 0 Å². The number of fused-ring (bicyclic) bond motifs is 1. The highest BCUT2D eigenvalue weighted by Gasteiger charge is 2.12. The van der Waals surface area contributed by atoms with Gasteiger partial charge in [-0.05, 0) is 72.9 Å². The summed E-state index contributed by atoms with van der Waals surface area (Å²) in [5, 5.41) is 3.02. The first kappa shape index (κ1) is 25.0. The van der Waals surface area contributed by atoms with Crippen LogP contribution in [-0.4, -0.2) is 28.6 Å². The molecule has 1 aromatic heterocycles. The van der Waals surface area contributed by atoms with Crippen LogP contribution >= 0.6 is 15.9 Å². The molecule has 35 heavy (non-hydrogen) atoms. The first-order chi connectivity index (χ1) is 16.9. The minimum absolute atomic E-state index is 0.0762. The van der Waals surface area contributed by atoms with Gasteiger partial charge in [0.2, 0.25) is 0 Å². The number of ether oxygens (including phenoxy) is 1. The largest absolute Gasteiger partial charge is 0.493 e. The van der Waals surface area contributed by atoms with E-state index >= 15 is 0 Å². The normalized spacial score (nSPS) is 11.2. The van der Waals surface area contributed by atoms with Crippen LogP contribution < -0.4 is 10.1 Å². The van der Waals surface area contributed by atoms with Gasteiger partial charge in [-0.15, -0.1) is 0 Å². The summed E-state index contributed by atoms with van der Waals surface area (Å²) < 4.78 is 9.41. The maximum absolute atomic E-state index is 12.5. The van der Waals surface area contributed by atoms with Gasteiger partial charge >= 0.3 is 0 Å². The number of aromatic nitrogens is 2. The summed E-state index contributed by atoms with van der Waals surface area (Å²) in [7, 11) is 0. The standard InChI is InChI=1S/C29H32BrN3O2/c1-20(2)24-14-9-21(3)19-27(24)35-18-6-17-33-26-8-5-4-7-25(26)32-28(33)15-16-31-29(34)22-10-12-23(30)13-11-22/h4-5,7-14,19-20H,6,15-18H2,1-3H3,(H,31,34). The molecule has 0 radical (unpaired) electrons. The topological polar surface area (TPSA) is 56.1 Å². The molecule has 0 unspecified atom stereocenters. The van der Waals surface area contributed by atoms with Gasteiger partial charge in [-0.1, -0.05) is 54.0 Å². The third kappa shape index (κ3) is 6.31. The van der Waals surface area contributed by atoms with Crippen LogP contribution in [0, 0.1) is 6.92 Å². The van der Waals surface area contributed by atoms with Crippen LogP contribution in [-0.2, 0) is 13.0 Å². The van der Waals surface area contributed by atoms with Crippen molar-refractivity contribution in [2.45, 2.75) is 46.1 Å². The van der Waals surface area contributed by atoms with E-state index in [0.717, 1.165) is 40.0 Å². The van der Waals surface area contributed by atoms with Crippen molar-refractivity contribution >= 4 is 32.9 Å². The zero-order valence-corrected chi connectivity index (χ0v) is 22.1. The number of halogens is 1. The highest BCUT2D eigenvalue weighted by atomic mass is 79.9. The molecule has 0 saturated carbocycles. The van der Waals surface area contributed by atoms with E-state index < -0.39 is 0 Å². The van der Waals surface area contributed by atoms with Gasteiger partial charge in [0.05, 0.1) is 17.6 Å². The predicted octanol–water partition coefficient (Wildman–Crippen LogP) is 6.67. The molecule has 0 spiro atoms. The summed E-state index contributed by atoms with van der Waals surface area (Å²) in [4.78, 5) is 17.3. The molecule has 0 aliphatic heterocycles. The number of carbonyl (C=O) groups excluding carboxylic acids is 1. The third-order valence-electron chi connectivity index (χ3n) is 6.05. The molecule has 0 atom stereocenters. The number of aryl methyl sites for hydroxylation is 2. The molecule has 1 heterocycles. The molecular formula is C29H32BrN3O2. The van der Waals surface area contributed by atoms with E-state index in [9.17, 15) is 4.79 Å². The fourth-order valence-electron chi connectivity index (χ4n) is 4.21. The number of hydrogen-bond donors (Lipinski definition) is 1. The van der Waals surface area contributed by atoms with Crippen LogP contribution in [0.4, 0.5) is 0 Å². The van der Waals surface area contributed by atoms with E-state index in [2.05, 4.69) is 70.9 Å². The Hall–Kier alpha value is -3.12. The molecular weight excluding hydrogens is 502 g/mol. The Bertz CT molecular complexity index is 1300. The van der Waals surface area contributed by atoms with Crippen LogP contribution in [0.5, 0.6) is 5.75 Å². The molecule has 4 aromatic rings. The van der Waals surface area contributed by atoms with Crippen molar-refractivity contribution in [3.63, 3.8) is 0 Å². The average molecular weight is 534 g/mol. The van der Waals surface area contributed by atoms with E-state index in [1.54, 1.807) is 0 Å². The summed E-state index contributed by atoms with van der Waals surface area (Å²) in [6, 6.07) is 22.0. The highest BCUT2D eigenvalue weighted by molar-refractivity contribution is 9.10. The molecule has 0 aliphatic rings. The van der Waals surface area contributed by atoms with Crippen LogP contribution in [0.1, 0.15) is 53.5 Å². The Morgan fingerprint density at radius 2 is 1.86 bits per heavy atom. The third-order valence-corrected chi connectivity index (χ3v) is 6.58. The van der Waals surface area contributed by atoms with Crippen molar-refractivity contribution in [2.24, 2.45) is 0 Å². The summed E-state index contributed by atoms with van der Waals surface area (Å²) >= 11 is 3.40. The molecule has 1 amide bonds. The van der Waals surface area contributed by atoms with Gasteiger partial charge in [0, 0.05) is 29.5 Å². The Balaban J connectivity index is 1.39. The van der Waals surface area contributed by atoms with Crippen LogP contribution in [0.3, 0.4) is 0 Å². The number of imidazole rings is 1.